The van der Waals surface area contributed by atoms with Crippen LogP contribution in [-0.4, -0.2) is 50.8 Å². The van der Waals surface area contributed by atoms with Gasteiger partial charge in [0.15, 0.2) is 11.5 Å². The number of carbonyl (C=O) groups excluding carboxylic acids is 1. The van der Waals surface area contributed by atoms with Crippen LogP contribution in [0.25, 0.3) is 0 Å². The molecule has 1 heterocycles. The van der Waals surface area contributed by atoms with Gasteiger partial charge >= 0.3 is 0 Å². The van der Waals surface area contributed by atoms with Gasteiger partial charge in [-0.15, -0.1) is 0 Å². The highest BCUT2D eigenvalue weighted by molar-refractivity contribution is 5.95. The van der Waals surface area contributed by atoms with Crippen LogP contribution in [0.3, 0.4) is 0 Å². The lowest BCUT2D eigenvalue weighted by Crippen LogP contribution is -2.40. The van der Waals surface area contributed by atoms with E-state index in [9.17, 15) is 4.79 Å². The van der Waals surface area contributed by atoms with Gasteiger partial charge in [0.25, 0.3) is 5.91 Å². The Bertz CT molecular complexity index is 441. The van der Waals surface area contributed by atoms with Crippen LogP contribution in [0.15, 0.2) is 18.2 Å². The van der Waals surface area contributed by atoms with Crippen LogP contribution < -0.4 is 9.47 Å². The van der Waals surface area contributed by atoms with Gasteiger partial charge in [-0.3, -0.25) is 4.79 Å². The summed E-state index contributed by atoms with van der Waals surface area (Å²) < 4.78 is 15.9. The van der Waals surface area contributed by atoms with E-state index < -0.39 is 0 Å². The topological polar surface area (TPSA) is 48.0 Å². The van der Waals surface area contributed by atoms with Crippen LogP contribution in [0.2, 0.25) is 0 Å². The molecule has 1 aliphatic heterocycles. The van der Waals surface area contributed by atoms with Crippen molar-refractivity contribution in [2.45, 2.75) is 6.92 Å². The first kappa shape index (κ1) is 13.7. The van der Waals surface area contributed by atoms with Crippen LogP contribution in [0, 0.1) is 0 Å². The molecule has 0 spiro atoms. The largest absolute Gasteiger partial charge is 0.493 e. The zero-order chi connectivity index (χ0) is 13.7. The maximum absolute atomic E-state index is 12.3. The average Bonchev–Trinajstić information content (AvgIpc) is 2.47. The summed E-state index contributed by atoms with van der Waals surface area (Å²) >= 11 is 0. The van der Waals surface area contributed by atoms with Crippen LogP contribution >= 0.6 is 0 Å². The molecule has 0 atom stereocenters. The maximum atomic E-state index is 12.3. The molecule has 0 saturated carbocycles. The first-order valence-corrected chi connectivity index (χ1v) is 6.44. The lowest BCUT2D eigenvalue weighted by Gasteiger charge is -2.27. The first-order chi connectivity index (χ1) is 9.26. The minimum absolute atomic E-state index is 0.00639. The number of hydrogen-bond donors (Lipinski definition) is 0. The molecule has 0 N–H and O–H groups in total. The van der Waals surface area contributed by atoms with E-state index in [2.05, 4.69) is 0 Å². The third-order valence-corrected chi connectivity index (χ3v) is 3.01. The number of hydrogen-bond acceptors (Lipinski definition) is 4. The molecule has 19 heavy (non-hydrogen) atoms. The monoisotopic (exact) mass is 265 g/mol. The number of morpholine rings is 1. The van der Waals surface area contributed by atoms with Crippen LogP contribution in [-0.2, 0) is 4.74 Å². The number of amides is 1. The van der Waals surface area contributed by atoms with Crippen molar-refractivity contribution in [1.82, 2.24) is 4.90 Å². The van der Waals surface area contributed by atoms with E-state index in [0.29, 0.717) is 50.0 Å². The van der Waals surface area contributed by atoms with E-state index in [1.165, 1.54) is 0 Å². The summed E-state index contributed by atoms with van der Waals surface area (Å²) in [6.45, 7) is 4.89. The van der Waals surface area contributed by atoms with Crippen molar-refractivity contribution in [1.29, 1.82) is 0 Å². The fraction of sp³-hybridized carbons (Fsp3) is 0.500. The highest BCUT2D eigenvalue weighted by atomic mass is 16.5. The molecule has 1 saturated heterocycles. The molecule has 0 unspecified atom stereocenters. The third-order valence-electron chi connectivity index (χ3n) is 3.01. The Morgan fingerprint density at radius 3 is 2.68 bits per heavy atom. The standard InChI is InChI=1S/C14H19NO4/c1-3-19-13-10-11(4-5-12(13)17-2)14(16)15-6-8-18-9-7-15/h4-5,10H,3,6-9H2,1-2H3. The first-order valence-electron chi connectivity index (χ1n) is 6.44. The highest BCUT2D eigenvalue weighted by Crippen LogP contribution is 2.28. The smallest absolute Gasteiger partial charge is 0.254 e. The predicted molar refractivity (Wildman–Crippen MR) is 70.9 cm³/mol. The zero-order valence-corrected chi connectivity index (χ0v) is 11.3. The van der Waals surface area contributed by atoms with Gasteiger partial charge in [0, 0.05) is 18.7 Å². The maximum Gasteiger partial charge on any atom is 0.254 e. The van der Waals surface area contributed by atoms with E-state index in [0.717, 1.165) is 0 Å². The van der Waals surface area contributed by atoms with E-state index in [-0.39, 0.29) is 5.91 Å². The number of benzene rings is 1. The molecule has 0 radical (unpaired) electrons. The molecule has 5 nitrogen and oxygen atoms in total. The van der Waals surface area contributed by atoms with Gasteiger partial charge in [-0.25, -0.2) is 0 Å². The molecule has 0 aliphatic carbocycles. The van der Waals surface area contributed by atoms with Crippen molar-refractivity contribution in [3.05, 3.63) is 23.8 Å². The molecule has 104 valence electrons. The van der Waals surface area contributed by atoms with Crippen molar-refractivity contribution in [2.24, 2.45) is 0 Å². The number of rotatable bonds is 4. The predicted octanol–water partition coefficient (Wildman–Crippen LogP) is 1.57. The Hall–Kier alpha value is -1.75. The quantitative estimate of drug-likeness (QED) is 0.829. The van der Waals surface area contributed by atoms with Gasteiger partial charge in [0.05, 0.1) is 26.9 Å². The summed E-state index contributed by atoms with van der Waals surface area (Å²) in [7, 11) is 1.58. The molecule has 1 aliphatic rings. The Labute approximate surface area is 113 Å². The van der Waals surface area contributed by atoms with Crippen LogP contribution in [0.4, 0.5) is 0 Å². The number of nitrogens with zero attached hydrogens (tertiary/aromatic N) is 1. The van der Waals surface area contributed by atoms with Crippen molar-refractivity contribution in [2.75, 3.05) is 40.0 Å². The summed E-state index contributed by atoms with van der Waals surface area (Å²) in [6, 6.07) is 5.26. The Morgan fingerprint density at radius 2 is 2.05 bits per heavy atom. The Morgan fingerprint density at radius 1 is 1.32 bits per heavy atom. The SMILES string of the molecule is CCOc1cc(C(=O)N2CCOCC2)ccc1OC. The second kappa shape index (κ2) is 6.43. The molecule has 1 aromatic rings. The van der Waals surface area contributed by atoms with Crippen molar-refractivity contribution in [3.8, 4) is 11.5 Å². The third kappa shape index (κ3) is 3.17. The summed E-state index contributed by atoms with van der Waals surface area (Å²) in [5, 5.41) is 0. The summed E-state index contributed by atoms with van der Waals surface area (Å²) in [4.78, 5) is 14.1. The van der Waals surface area contributed by atoms with Crippen LogP contribution in [0.5, 0.6) is 11.5 Å². The average molecular weight is 265 g/mol. The van der Waals surface area contributed by atoms with Crippen molar-refractivity contribution in [3.63, 3.8) is 0 Å². The zero-order valence-electron chi connectivity index (χ0n) is 11.3. The van der Waals surface area contributed by atoms with Crippen LogP contribution in [0.1, 0.15) is 17.3 Å². The van der Waals surface area contributed by atoms with Crippen molar-refractivity contribution < 1.29 is 19.0 Å². The fourth-order valence-corrected chi connectivity index (χ4v) is 2.03. The molecule has 0 aromatic heterocycles. The van der Waals surface area contributed by atoms with Gasteiger partial charge in [-0.05, 0) is 25.1 Å². The number of methoxy groups -OCH3 is 1. The van der Waals surface area contributed by atoms with E-state index in [1.54, 1.807) is 30.2 Å². The van der Waals surface area contributed by atoms with E-state index in [4.69, 9.17) is 14.2 Å². The molecular formula is C14H19NO4. The normalized spacial score (nSPS) is 15.2. The number of ether oxygens (including phenoxy) is 3. The molecule has 0 bridgehead atoms. The number of carbonyl (C=O) groups is 1. The minimum Gasteiger partial charge on any atom is -0.493 e. The molecule has 1 fully saturated rings. The summed E-state index contributed by atoms with van der Waals surface area (Å²) in [6.07, 6.45) is 0. The minimum atomic E-state index is 0.00639. The Kier molecular flexibility index (Phi) is 4.63. The molecule has 5 heteroatoms. The van der Waals surface area contributed by atoms with Gasteiger partial charge in [-0.2, -0.15) is 0 Å². The van der Waals surface area contributed by atoms with E-state index >= 15 is 0 Å². The lowest BCUT2D eigenvalue weighted by molar-refractivity contribution is 0.0302. The van der Waals surface area contributed by atoms with Crippen molar-refractivity contribution >= 4 is 5.91 Å². The molecule has 1 aromatic carbocycles. The molecule has 1 amide bonds. The summed E-state index contributed by atoms with van der Waals surface area (Å²) in [5.74, 6) is 1.25. The second-order valence-electron chi connectivity index (χ2n) is 4.20. The second-order valence-corrected chi connectivity index (χ2v) is 4.20. The summed E-state index contributed by atoms with van der Waals surface area (Å²) in [5.41, 5.74) is 0.617. The van der Waals surface area contributed by atoms with Gasteiger partial charge in [-0.1, -0.05) is 0 Å². The molecule has 2 rings (SSSR count). The fourth-order valence-electron chi connectivity index (χ4n) is 2.03. The lowest BCUT2D eigenvalue weighted by atomic mass is 10.1. The Balaban J connectivity index is 2.19. The van der Waals surface area contributed by atoms with Gasteiger partial charge in [0.2, 0.25) is 0 Å². The van der Waals surface area contributed by atoms with Gasteiger partial charge in [0.1, 0.15) is 0 Å². The van der Waals surface area contributed by atoms with E-state index in [1.807, 2.05) is 6.92 Å². The highest BCUT2D eigenvalue weighted by Gasteiger charge is 2.19. The molecular weight excluding hydrogens is 246 g/mol. The van der Waals surface area contributed by atoms with Gasteiger partial charge < -0.3 is 19.1 Å².